The number of thiocarbonyl (C=S) groups is 1. The maximum Gasteiger partial charge on any atom is 0.256 e. The predicted molar refractivity (Wildman–Crippen MR) is 118 cm³/mol. The SMILES string of the molecule is CC\C(F)=C/C(=C\C=C\N1CCC(=C(C#N)C#N)CC1)n1cc(CNC(=S)OC)nn1. The molecule has 2 rings (SSSR count). The van der Waals surface area contributed by atoms with Gasteiger partial charge in [0.15, 0.2) is 0 Å². The highest BCUT2D eigenvalue weighted by atomic mass is 32.1. The average molecular weight is 442 g/mol. The van der Waals surface area contributed by atoms with Crippen LogP contribution in [0.25, 0.3) is 5.70 Å². The number of likely N-dealkylation sites (tertiary alicyclic amines) is 1. The highest BCUT2D eigenvalue weighted by Crippen LogP contribution is 2.20. The molecule has 10 heteroatoms. The molecular weight excluding hydrogens is 417 g/mol. The summed E-state index contributed by atoms with van der Waals surface area (Å²) in [5.41, 5.74) is 2.27. The zero-order valence-electron chi connectivity index (χ0n) is 17.5. The quantitative estimate of drug-likeness (QED) is 0.390. The number of methoxy groups -OCH3 is 1. The molecule has 1 N–H and O–H groups in total. The summed E-state index contributed by atoms with van der Waals surface area (Å²) in [5, 5.41) is 29.2. The van der Waals surface area contributed by atoms with Gasteiger partial charge in [0.25, 0.3) is 5.17 Å². The first-order chi connectivity index (χ1) is 15.0. The van der Waals surface area contributed by atoms with Crippen molar-refractivity contribution in [1.82, 2.24) is 25.2 Å². The normalized spacial score (nSPS) is 14.9. The van der Waals surface area contributed by atoms with Gasteiger partial charge in [0.1, 0.15) is 29.2 Å². The first kappa shape index (κ1) is 23.8. The van der Waals surface area contributed by atoms with Gasteiger partial charge in [0.2, 0.25) is 0 Å². The molecule has 0 saturated carbocycles. The summed E-state index contributed by atoms with van der Waals surface area (Å²) in [6, 6.07) is 3.91. The van der Waals surface area contributed by atoms with E-state index in [4.69, 9.17) is 27.5 Å². The highest BCUT2D eigenvalue weighted by Gasteiger charge is 2.14. The number of ether oxygens (including phenoxy) is 1. The smallest absolute Gasteiger partial charge is 0.256 e. The maximum absolute atomic E-state index is 14.0. The van der Waals surface area contributed by atoms with E-state index in [2.05, 4.69) is 20.5 Å². The number of nitrogens with zero attached hydrogens (tertiary/aromatic N) is 6. The maximum atomic E-state index is 14.0. The van der Waals surface area contributed by atoms with Gasteiger partial charge in [-0.25, -0.2) is 9.07 Å². The third-order valence-corrected chi connectivity index (χ3v) is 4.90. The number of piperidine rings is 1. The molecule has 1 aliphatic rings. The molecule has 1 aromatic rings. The minimum atomic E-state index is -0.274. The van der Waals surface area contributed by atoms with Gasteiger partial charge in [0.05, 0.1) is 25.5 Å². The van der Waals surface area contributed by atoms with Gasteiger partial charge < -0.3 is 15.0 Å². The number of halogens is 1. The van der Waals surface area contributed by atoms with Crippen LogP contribution in [-0.2, 0) is 11.3 Å². The van der Waals surface area contributed by atoms with Crippen molar-refractivity contribution in [2.75, 3.05) is 20.2 Å². The lowest BCUT2D eigenvalue weighted by Gasteiger charge is -2.26. The van der Waals surface area contributed by atoms with Crippen molar-refractivity contribution in [2.45, 2.75) is 32.7 Å². The Morgan fingerprint density at radius 1 is 1.35 bits per heavy atom. The summed E-state index contributed by atoms with van der Waals surface area (Å²) in [4.78, 5) is 2.09. The Hall–Kier alpha value is -3.50. The summed E-state index contributed by atoms with van der Waals surface area (Å²) >= 11 is 4.93. The van der Waals surface area contributed by atoms with Gasteiger partial charge in [-0.05, 0) is 61.5 Å². The first-order valence-electron chi connectivity index (χ1n) is 9.75. The first-order valence-corrected chi connectivity index (χ1v) is 10.2. The van der Waals surface area contributed by atoms with Crippen LogP contribution < -0.4 is 5.32 Å². The molecule has 1 aromatic heterocycles. The molecule has 0 aliphatic carbocycles. The molecular formula is C21H24FN7OS. The summed E-state index contributed by atoms with van der Waals surface area (Å²) in [7, 11) is 1.48. The molecule has 0 aromatic carbocycles. The molecule has 0 spiro atoms. The molecule has 0 atom stereocenters. The Balaban J connectivity index is 2.10. The molecule has 0 unspecified atom stereocenters. The fraction of sp³-hybridized carbons (Fsp3) is 0.381. The van der Waals surface area contributed by atoms with E-state index < -0.39 is 0 Å². The molecule has 0 amide bonds. The third-order valence-electron chi connectivity index (χ3n) is 4.59. The van der Waals surface area contributed by atoms with E-state index in [0.29, 0.717) is 43.9 Å². The summed E-state index contributed by atoms with van der Waals surface area (Å²) in [6.07, 6.45) is 10.2. The van der Waals surface area contributed by atoms with E-state index in [1.807, 2.05) is 24.4 Å². The lowest BCUT2D eigenvalue weighted by molar-refractivity contribution is 0.349. The molecule has 162 valence electrons. The van der Waals surface area contributed by atoms with Crippen LogP contribution in [0.1, 0.15) is 31.9 Å². The van der Waals surface area contributed by atoms with E-state index in [9.17, 15) is 4.39 Å². The fourth-order valence-corrected chi connectivity index (χ4v) is 2.91. The van der Waals surface area contributed by atoms with Crippen molar-refractivity contribution in [2.24, 2.45) is 0 Å². The van der Waals surface area contributed by atoms with Crippen LogP contribution in [0.3, 0.4) is 0 Å². The van der Waals surface area contributed by atoms with E-state index in [0.717, 1.165) is 5.57 Å². The number of hydrogen-bond donors (Lipinski definition) is 1. The standard InChI is InChI=1S/C21H24FN7OS/c1-3-18(22)11-20(29-15-19(26-27-29)14-25-21(31)30-2)5-4-8-28-9-6-16(7-10-28)17(12-23)13-24/h4-5,8,11,15H,3,6-7,9-10,14H2,1-2H3,(H,25,31)/b8-4+,18-11+,20-5+. The largest absolute Gasteiger partial charge is 0.474 e. The number of hydrogen-bond acceptors (Lipinski definition) is 7. The van der Waals surface area contributed by atoms with E-state index in [-0.39, 0.29) is 23.0 Å². The van der Waals surface area contributed by atoms with Gasteiger partial charge in [-0.1, -0.05) is 12.1 Å². The minimum absolute atomic E-state index is 0.216. The average Bonchev–Trinajstić information content (AvgIpc) is 3.27. The Morgan fingerprint density at radius 3 is 2.68 bits per heavy atom. The van der Waals surface area contributed by atoms with Crippen LogP contribution in [0.15, 0.2) is 47.6 Å². The van der Waals surface area contributed by atoms with Crippen LogP contribution >= 0.6 is 12.2 Å². The predicted octanol–water partition coefficient (Wildman–Crippen LogP) is 3.36. The Labute approximate surface area is 186 Å². The third kappa shape index (κ3) is 7.36. The highest BCUT2D eigenvalue weighted by molar-refractivity contribution is 7.80. The molecule has 8 nitrogen and oxygen atoms in total. The Morgan fingerprint density at radius 2 is 2.06 bits per heavy atom. The second-order valence-electron chi connectivity index (χ2n) is 6.62. The molecule has 1 aliphatic heterocycles. The molecule has 1 fully saturated rings. The second kappa shape index (κ2) is 12.3. The van der Waals surface area contributed by atoms with Gasteiger partial charge in [-0.3, -0.25) is 0 Å². The Kier molecular flexibility index (Phi) is 9.40. The molecule has 31 heavy (non-hydrogen) atoms. The van der Waals surface area contributed by atoms with E-state index in [1.54, 1.807) is 19.2 Å². The van der Waals surface area contributed by atoms with Crippen molar-refractivity contribution in [1.29, 1.82) is 10.5 Å². The lowest BCUT2D eigenvalue weighted by atomic mass is 9.99. The van der Waals surface area contributed by atoms with Crippen LogP contribution in [0, 0.1) is 22.7 Å². The van der Waals surface area contributed by atoms with Crippen molar-refractivity contribution >= 4 is 23.1 Å². The van der Waals surface area contributed by atoms with Gasteiger partial charge in [-0.2, -0.15) is 10.5 Å². The second-order valence-corrected chi connectivity index (χ2v) is 6.99. The van der Waals surface area contributed by atoms with Gasteiger partial charge >= 0.3 is 0 Å². The number of nitriles is 2. The van der Waals surface area contributed by atoms with Crippen molar-refractivity contribution in [3.8, 4) is 12.1 Å². The van der Waals surface area contributed by atoms with Crippen molar-refractivity contribution < 1.29 is 9.13 Å². The topological polar surface area (TPSA) is 103 Å². The number of allylic oxidation sites excluding steroid dienone is 6. The zero-order chi connectivity index (χ0) is 22.6. The van der Waals surface area contributed by atoms with E-state index in [1.165, 1.54) is 17.9 Å². The van der Waals surface area contributed by atoms with Gasteiger partial charge in [-0.15, -0.1) is 5.10 Å². The van der Waals surface area contributed by atoms with Crippen LogP contribution in [0.4, 0.5) is 4.39 Å². The van der Waals surface area contributed by atoms with Crippen LogP contribution in [0.5, 0.6) is 0 Å². The number of nitrogens with one attached hydrogen (secondary N) is 1. The summed E-state index contributed by atoms with van der Waals surface area (Å²) in [6.45, 7) is 3.49. The number of aromatic nitrogens is 3. The molecule has 1 saturated heterocycles. The molecule has 2 heterocycles. The molecule has 0 radical (unpaired) electrons. The lowest BCUT2D eigenvalue weighted by Crippen LogP contribution is -2.26. The summed E-state index contributed by atoms with van der Waals surface area (Å²) < 4.78 is 20.3. The van der Waals surface area contributed by atoms with Crippen molar-refractivity contribution in [3.63, 3.8) is 0 Å². The van der Waals surface area contributed by atoms with Crippen LogP contribution in [-0.4, -0.2) is 45.3 Å². The zero-order valence-corrected chi connectivity index (χ0v) is 18.3. The van der Waals surface area contributed by atoms with Crippen molar-refractivity contribution in [3.05, 3.63) is 53.3 Å². The summed E-state index contributed by atoms with van der Waals surface area (Å²) in [5.74, 6) is -0.274. The minimum Gasteiger partial charge on any atom is -0.474 e. The Bertz CT molecular complexity index is 968. The van der Waals surface area contributed by atoms with Gasteiger partial charge in [0, 0.05) is 13.1 Å². The molecule has 0 bridgehead atoms. The fourth-order valence-electron chi connectivity index (χ4n) is 2.83. The monoisotopic (exact) mass is 441 g/mol. The van der Waals surface area contributed by atoms with E-state index >= 15 is 0 Å². The van der Waals surface area contributed by atoms with Crippen LogP contribution in [0.2, 0.25) is 0 Å². The number of rotatable bonds is 7.